The monoisotopic (exact) mass is 396 g/mol. The highest BCUT2D eigenvalue weighted by atomic mass is 32.2. The van der Waals surface area contributed by atoms with Gasteiger partial charge in [-0.2, -0.15) is 4.31 Å². The highest BCUT2D eigenvalue weighted by molar-refractivity contribution is 7.89. The minimum absolute atomic E-state index is 0.0541. The van der Waals surface area contributed by atoms with Crippen LogP contribution in [0.25, 0.3) is 0 Å². The average molecular weight is 397 g/mol. The maximum atomic E-state index is 13.2. The summed E-state index contributed by atoms with van der Waals surface area (Å²) in [5, 5.41) is 22.0. The van der Waals surface area contributed by atoms with Crippen LogP contribution in [0.1, 0.15) is 26.3 Å². The lowest BCUT2D eigenvalue weighted by Gasteiger charge is -2.36. The van der Waals surface area contributed by atoms with Crippen molar-refractivity contribution in [3.05, 3.63) is 23.8 Å². The van der Waals surface area contributed by atoms with Gasteiger partial charge in [-0.15, -0.1) is 0 Å². The van der Waals surface area contributed by atoms with Crippen LogP contribution in [0.15, 0.2) is 23.1 Å². The Morgan fingerprint density at radius 1 is 1.41 bits per heavy atom. The van der Waals surface area contributed by atoms with Crippen molar-refractivity contribution in [3.8, 4) is 17.6 Å². The predicted octanol–water partition coefficient (Wildman–Crippen LogP) is 0.407. The van der Waals surface area contributed by atoms with E-state index >= 15 is 0 Å². The van der Waals surface area contributed by atoms with E-state index < -0.39 is 22.2 Å². The van der Waals surface area contributed by atoms with Crippen LogP contribution in [0.3, 0.4) is 0 Å². The van der Waals surface area contributed by atoms with Crippen LogP contribution in [0.2, 0.25) is 0 Å². The fourth-order valence-electron chi connectivity index (χ4n) is 2.94. The van der Waals surface area contributed by atoms with Crippen molar-refractivity contribution in [2.75, 3.05) is 26.7 Å². The molecule has 8 heteroatoms. The molecule has 0 aromatic heterocycles. The number of aliphatic hydroxyl groups excluding tert-OH is 2. The van der Waals surface area contributed by atoms with Crippen LogP contribution < -0.4 is 10.1 Å². The third-order valence-corrected chi connectivity index (χ3v) is 6.52. The third-order valence-electron chi connectivity index (χ3n) is 4.50. The third kappa shape index (κ3) is 5.00. The Morgan fingerprint density at radius 2 is 2.11 bits per heavy atom. The first-order valence-electron chi connectivity index (χ1n) is 8.98. The summed E-state index contributed by atoms with van der Waals surface area (Å²) in [6, 6.07) is 4.10. The smallest absolute Gasteiger partial charge is 0.247 e. The highest BCUT2D eigenvalue weighted by Crippen LogP contribution is 2.33. The highest BCUT2D eigenvalue weighted by Gasteiger charge is 2.37. The van der Waals surface area contributed by atoms with Gasteiger partial charge in [-0.3, -0.25) is 0 Å². The molecule has 0 spiro atoms. The Balaban J connectivity index is 2.60. The van der Waals surface area contributed by atoms with E-state index in [4.69, 9.17) is 4.74 Å². The molecule has 0 bridgehead atoms. The van der Waals surface area contributed by atoms with E-state index in [9.17, 15) is 18.6 Å². The molecule has 0 saturated carbocycles. The van der Waals surface area contributed by atoms with E-state index in [0.717, 1.165) is 0 Å². The van der Waals surface area contributed by atoms with Gasteiger partial charge in [-0.25, -0.2) is 8.42 Å². The number of fused-ring (bicyclic) bond motifs is 1. The van der Waals surface area contributed by atoms with Crippen molar-refractivity contribution in [1.29, 1.82) is 0 Å². The van der Waals surface area contributed by atoms with E-state index in [2.05, 4.69) is 17.2 Å². The van der Waals surface area contributed by atoms with Gasteiger partial charge in [0, 0.05) is 30.6 Å². The lowest BCUT2D eigenvalue weighted by Crippen LogP contribution is -2.49. The predicted molar refractivity (Wildman–Crippen MR) is 103 cm³/mol. The zero-order valence-corrected chi connectivity index (χ0v) is 17.0. The molecule has 2 rings (SSSR count). The second-order valence-corrected chi connectivity index (χ2v) is 8.76. The molecule has 7 nitrogen and oxygen atoms in total. The van der Waals surface area contributed by atoms with E-state index in [0.29, 0.717) is 12.1 Å². The summed E-state index contributed by atoms with van der Waals surface area (Å²) < 4.78 is 33.8. The average Bonchev–Trinajstić information content (AvgIpc) is 2.62. The first kappa shape index (κ1) is 21.7. The Morgan fingerprint density at radius 3 is 2.70 bits per heavy atom. The number of hydrogen-bond donors (Lipinski definition) is 3. The van der Waals surface area contributed by atoms with Crippen LogP contribution in [-0.2, 0) is 10.0 Å². The summed E-state index contributed by atoms with van der Waals surface area (Å²) >= 11 is 0. The molecule has 4 atom stereocenters. The van der Waals surface area contributed by atoms with Crippen LogP contribution in [0.4, 0.5) is 0 Å². The molecule has 1 heterocycles. The Hall–Kier alpha value is -1.63. The van der Waals surface area contributed by atoms with Gasteiger partial charge in [-0.05, 0) is 39.1 Å². The molecule has 0 unspecified atom stereocenters. The van der Waals surface area contributed by atoms with Gasteiger partial charge >= 0.3 is 0 Å². The zero-order valence-electron chi connectivity index (χ0n) is 16.1. The molecule has 3 N–H and O–H groups in total. The van der Waals surface area contributed by atoms with Gasteiger partial charge in [0.25, 0.3) is 0 Å². The lowest BCUT2D eigenvalue weighted by atomic mass is 10.0. The molecule has 1 aliphatic rings. The molecule has 0 fully saturated rings. The van der Waals surface area contributed by atoms with Crippen molar-refractivity contribution in [1.82, 2.24) is 9.62 Å². The Bertz CT molecular complexity index is 813. The van der Waals surface area contributed by atoms with Gasteiger partial charge in [0.15, 0.2) is 0 Å². The van der Waals surface area contributed by atoms with Gasteiger partial charge in [0.2, 0.25) is 10.0 Å². The van der Waals surface area contributed by atoms with Gasteiger partial charge < -0.3 is 20.3 Å². The van der Waals surface area contributed by atoms with E-state index in [-0.39, 0.29) is 35.8 Å². The molecule has 1 aliphatic heterocycles. The molecule has 0 aliphatic carbocycles. The molecule has 27 heavy (non-hydrogen) atoms. The molecular formula is C19H28N2O5S. The second kappa shape index (κ2) is 9.04. The SMILES string of the molecule is CNC[C@@H]1Oc2cc(C#C[C@H](C)O)ccc2S(=O)(=O)N([C@@H](C)CO)C[C@H]1C. The molecule has 1 aromatic rings. The normalized spacial score (nSPS) is 24.4. The van der Waals surface area contributed by atoms with Crippen molar-refractivity contribution < 1.29 is 23.4 Å². The summed E-state index contributed by atoms with van der Waals surface area (Å²) in [5.41, 5.74) is 0.558. The molecule has 150 valence electrons. The first-order chi connectivity index (χ1) is 12.7. The molecule has 0 amide bonds. The molecule has 0 saturated heterocycles. The van der Waals surface area contributed by atoms with Crippen molar-refractivity contribution >= 4 is 10.0 Å². The van der Waals surface area contributed by atoms with Crippen LogP contribution in [-0.4, -0.2) is 67.9 Å². The van der Waals surface area contributed by atoms with E-state index in [1.54, 1.807) is 26.0 Å². The number of ether oxygens (including phenoxy) is 1. The Labute approximate surface area is 161 Å². The number of sulfonamides is 1. The fraction of sp³-hybridized carbons (Fsp3) is 0.579. The summed E-state index contributed by atoms with van der Waals surface area (Å²) in [5.74, 6) is 5.60. The van der Waals surface area contributed by atoms with E-state index in [1.807, 2.05) is 14.0 Å². The molecule has 1 aromatic carbocycles. The van der Waals surface area contributed by atoms with Gasteiger partial charge in [0.05, 0.1) is 6.61 Å². The maximum Gasteiger partial charge on any atom is 0.247 e. The Kier molecular flexibility index (Phi) is 7.25. The summed E-state index contributed by atoms with van der Waals surface area (Å²) in [4.78, 5) is 0.0541. The van der Waals surface area contributed by atoms with Gasteiger partial charge in [-0.1, -0.05) is 18.8 Å². The summed E-state index contributed by atoms with van der Waals surface area (Å²) in [7, 11) is -2.03. The number of aliphatic hydroxyl groups is 2. The topological polar surface area (TPSA) is 99.1 Å². The lowest BCUT2D eigenvalue weighted by molar-refractivity contribution is 0.103. The number of rotatable bonds is 4. The van der Waals surface area contributed by atoms with Crippen LogP contribution in [0.5, 0.6) is 5.75 Å². The molecule has 0 radical (unpaired) electrons. The second-order valence-electron chi connectivity index (χ2n) is 6.90. The fourth-order valence-corrected chi connectivity index (χ4v) is 4.76. The zero-order chi connectivity index (χ0) is 20.2. The minimum atomic E-state index is -3.84. The standard InChI is InChI=1S/C19H28N2O5S/c1-13-11-21(14(2)12-22)27(24,25)19-8-7-16(6-5-15(3)23)9-17(19)26-18(13)10-20-4/h7-9,13-15,18,20,22-23H,10-12H2,1-4H3/t13-,14+,15+,18+/m1/s1. The number of likely N-dealkylation sites (N-methyl/N-ethyl adjacent to an activating group) is 1. The van der Waals surface area contributed by atoms with Gasteiger partial charge in [0.1, 0.15) is 22.9 Å². The number of hydrogen-bond acceptors (Lipinski definition) is 6. The maximum absolute atomic E-state index is 13.2. The quantitative estimate of drug-likeness (QED) is 0.638. The minimum Gasteiger partial charge on any atom is -0.487 e. The largest absolute Gasteiger partial charge is 0.487 e. The van der Waals surface area contributed by atoms with Crippen LogP contribution >= 0.6 is 0 Å². The summed E-state index contributed by atoms with van der Waals surface area (Å²) in [6.45, 7) is 5.70. The summed E-state index contributed by atoms with van der Waals surface area (Å²) in [6.07, 6.45) is -1.03. The molecular weight excluding hydrogens is 368 g/mol. The first-order valence-corrected chi connectivity index (χ1v) is 10.4. The van der Waals surface area contributed by atoms with Crippen molar-refractivity contribution in [2.45, 2.75) is 43.9 Å². The van der Waals surface area contributed by atoms with Crippen molar-refractivity contribution in [2.24, 2.45) is 5.92 Å². The number of benzene rings is 1. The van der Waals surface area contributed by atoms with Crippen molar-refractivity contribution in [3.63, 3.8) is 0 Å². The number of nitrogens with one attached hydrogen (secondary N) is 1. The number of nitrogens with zero attached hydrogens (tertiary/aromatic N) is 1. The van der Waals surface area contributed by atoms with Crippen LogP contribution in [0, 0.1) is 17.8 Å². The van der Waals surface area contributed by atoms with E-state index in [1.165, 1.54) is 10.4 Å².